The van der Waals surface area contributed by atoms with Gasteiger partial charge in [-0.1, -0.05) is 18.5 Å². The lowest BCUT2D eigenvalue weighted by molar-refractivity contribution is 0.405. The smallest absolute Gasteiger partial charge is 0.122 e. The number of benzene rings is 1. The van der Waals surface area contributed by atoms with Crippen LogP contribution in [0.15, 0.2) is 12.1 Å². The van der Waals surface area contributed by atoms with E-state index >= 15 is 0 Å². The summed E-state index contributed by atoms with van der Waals surface area (Å²) in [6, 6.07) is 3.99. The van der Waals surface area contributed by atoms with Gasteiger partial charge < -0.3 is 10.1 Å². The second-order valence-corrected chi connectivity index (χ2v) is 4.21. The predicted octanol–water partition coefficient (Wildman–Crippen LogP) is 2.98. The minimum atomic E-state index is 0.392. The average Bonchev–Trinajstić information content (AvgIpc) is 2.21. The van der Waals surface area contributed by atoms with Gasteiger partial charge in [0, 0.05) is 11.6 Å². The number of likely N-dealkylation sites (N-methyl/N-ethyl adjacent to an activating group) is 1. The quantitative estimate of drug-likeness (QED) is 0.854. The van der Waals surface area contributed by atoms with E-state index in [-0.39, 0.29) is 0 Å². The highest BCUT2D eigenvalue weighted by molar-refractivity contribution is 6.31. The van der Waals surface area contributed by atoms with E-state index in [1.165, 1.54) is 0 Å². The molecule has 1 atom stereocenters. The molecule has 0 spiro atoms. The van der Waals surface area contributed by atoms with Gasteiger partial charge in [0.15, 0.2) is 0 Å². The summed E-state index contributed by atoms with van der Waals surface area (Å²) >= 11 is 6.11. The molecule has 3 heteroatoms. The molecule has 1 rings (SSSR count). The van der Waals surface area contributed by atoms with Crippen molar-refractivity contribution in [3.05, 3.63) is 28.3 Å². The first kappa shape index (κ1) is 12.3. The molecule has 0 saturated carbocycles. The summed E-state index contributed by atoms with van der Waals surface area (Å²) in [7, 11) is 3.64. The van der Waals surface area contributed by atoms with Crippen molar-refractivity contribution >= 4 is 11.6 Å². The SMILES string of the molecule is CNCC(C)c1cc(Cl)c(C)cc1OC. The maximum Gasteiger partial charge on any atom is 0.122 e. The summed E-state index contributed by atoms with van der Waals surface area (Å²) in [6.45, 7) is 5.05. The van der Waals surface area contributed by atoms with E-state index in [0.29, 0.717) is 5.92 Å². The molecule has 15 heavy (non-hydrogen) atoms. The maximum atomic E-state index is 6.11. The topological polar surface area (TPSA) is 21.3 Å². The van der Waals surface area contributed by atoms with Gasteiger partial charge in [0.25, 0.3) is 0 Å². The van der Waals surface area contributed by atoms with E-state index < -0.39 is 0 Å². The van der Waals surface area contributed by atoms with Crippen molar-refractivity contribution in [3.63, 3.8) is 0 Å². The normalized spacial score (nSPS) is 12.6. The molecule has 0 fully saturated rings. The molecule has 0 saturated heterocycles. The van der Waals surface area contributed by atoms with Crippen molar-refractivity contribution in [1.29, 1.82) is 0 Å². The summed E-state index contributed by atoms with van der Waals surface area (Å²) in [4.78, 5) is 0. The number of halogens is 1. The van der Waals surface area contributed by atoms with Crippen LogP contribution in [-0.2, 0) is 0 Å². The third kappa shape index (κ3) is 2.86. The van der Waals surface area contributed by atoms with Gasteiger partial charge in [-0.15, -0.1) is 0 Å². The summed E-state index contributed by atoms with van der Waals surface area (Å²) in [5.74, 6) is 1.31. The first-order valence-electron chi connectivity index (χ1n) is 5.08. The van der Waals surface area contributed by atoms with Crippen molar-refractivity contribution in [3.8, 4) is 5.75 Å². The first-order valence-corrected chi connectivity index (χ1v) is 5.46. The summed E-state index contributed by atoms with van der Waals surface area (Å²) < 4.78 is 5.36. The van der Waals surface area contributed by atoms with E-state index in [1.54, 1.807) is 7.11 Å². The third-order valence-electron chi connectivity index (χ3n) is 2.55. The Morgan fingerprint density at radius 3 is 2.67 bits per heavy atom. The van der Waals surface area contributed by atoms with Crippen molar-refractivity contribution < 1.29 is 4.74 Å². The lowest BCUT2D eigenvalue weighted by Crippen LogP contribution is -2.15. The van der Waals surface area contributed by atoms with Gasteiger partial charge in [0.1, 0.15) is 5.75 Å². The van der Waals surface area contributed by atoms with E-state index in [1.807, 2.05) is 26.1 Å². The molecule has 1 aromatic rings. The first-order chi connectivity index (χ1) is 7.10. The zero-order valence-corrected chi connectivity index (χ0v) is 10.5. The zero-order chi connectivity index (χ0) is 11.4. The Labute approximate surface area is 96.6 Å². The van der Waals surface area contributed by atoms with Crippen LogP contribution in [0.25, 0.3) is 0 Å². The Hall–Kier alpha value is -0.730. The van der Waals surface area contributed by atoms with Crippen LogP contribution in [0.2, 0.25) is 5.02 Å². The molecule has 0 aliphatic rings. The van der Waals surface area contributed by atoms with Crippen LogP contribution >= 0.6 is 11.6 Å². The van der Waals surface area contributed by atoms with Crippen LogP contribution in [0, 0.1) is 6.92 Å². The van der Waals surface area contributed by atoms with Crippen molar-refractivity contribution in [2.24, 2.45) is 0 Å². The Bertz CT molecular complexity index is 339. The molecule has 84 valence electrons. The minimum absolute atomic E-state index is 0.392. The molecule has 1 aromatic carbocycles. The van der Waals surface area contributed by atoms with Gasteiger partial charge >= 0.3 is 0 Å². The van der Waals surface area contributed by atoms with Gasteiger partial charge in [-0.25, -0.2) is 0 Å². The van der Waals surface area contributed by atoms with E-state index in [2.05, 4.69) is 12.2 Å². The largest absolute Gasteiger partial charge is 0.496 e. The fourth-order valence-corrected chi connectivity index (χ4v) is 1.82. The Kier molecular flexibility index (Phi) is 4.43. The van der Waals surface area contributed by atoms with Gasteiger partial charge in [-0.3, -0.25) is 0 Å². The molecule has 0 heterocycles. The highest BCUT2D eigenvalue weighted by atomic mass is 35.5. The van der Waals surface area contributed by atoms with E-state index in [0.717, 1.165) is 28.4 Å². The minimum Gasteiger partial charge on any atom is -0.496 e. The number of hydrogen-bond acceptors (Lipinski definition) is 2. The molecule has 0 bridgehead atoms. The molecule has 1 N–H and O–H groups in total. The molecular weight excluding hydrogens is 210 g/mol. The van der Waals surface area contributed by atoms with Crippen LogP contribution < -0.4 is 10.1 Å². The highest BCUT2D eigenvalue weighted by Gasteiger charge is 2.12. The summed E-state index contributed by atoms with van der Waals surface area (Å²) in [6.07, 6.45) is 0. The van der Waals surface area contributed by atoms with Crippen LogP contribution in [0.4, 0.5) is 0 Å². The van der Waals surface area contributed by atoms with Gasteiger partial charge in [-0.2, -0.15) is 0 Å². The Morgan fingerprint density at radius 2 is 2.13 bits per heavy atom. The lowest BCUT2D eigenvalue weighted by atomic mass is 9.98. The fourth-order valence-electron chi connectivity index (χ4n) is 1.65. The maximum absolute atomic E-state index is 6.11. The molecular formula is C12H18ClNO. The van der Waals surface area contributed by atoms with E-state index in [9.17, 15) is 0 Å². The number of rotatable bonds is 4. The number of methoxy groups -OCH3 is 1. The fraction of sp³-hybridized carbons (Fsp3) is 0.500. The Balaban J connectivity index is 3.09. The molecule has 0 aliphatic carbocycles. The number of hydrogen-bond donors (Lipinski definition) is 1. The van der Waals surface area contributed by atoms with Crippen molar-refractivity contribution in [1.82, 2.24) is 5.32 Å². The van der Waals surface area contributed by atoms with Crippen LogP contribution in [0.5, 0.6) is 5.75 Å². The molecule has 0 radical (unpaired) electrons. The summed E-state index contributed by atoms with van der Waals surface area (Å²) in [5, 5.41) is 3.95. The molecule has 0 amide bonds. The van der Waals surface area contributed by atoms with Gasteiger partial charge in [0.2, 0.25) is 0 Å². The molecule has 0 aromatic heterocycles. The zero-order valence-electron chi connectivity index (χ0n) is 9.73. The van der Waals surface area contributed by atoms with Crippen molar-refractivity contribution in [2.45, 2.75) is 19.8 Å². The number of ether oxygens (including phenoxy) is 1. The standard InChI is InChI=1S/C12H18ClNO/c1-8-5-12(15-4)10(6-11(8)13)9(2)7-14-3/h5-6,9,14H,7H2,1-4H3. The van der Waals surface area contributed by atoms with Crippen LogP contribution in [0.1, 0.15) is 24.0 Å². The molecule has 0 aliphatic heterocycles. The van der Waals surface area contributed by atoms with Gasteiger partial charge in [-0.05, 0) is 43.1 Å². The van der Waals surface area contributed by atoms with Crippen molar-refractivity contribution in [2.75, 3.05) is 20.7 Å². The lowest BCUT2D eigenvalue weighted by Gasteiger charge is -2.16. The van der Waals surface area contributed by atoms with Crippen LogP contribution in [-0.4, -0.2) is 20.7 Å². The number of aryl methyl sites for hydroxylation is 1. The second-order valence-electron chi connectivity index (χ2n) is 3.80. The monoisotopic (exact) mass is 227 g/mol. The molecule has 1 unspecified atom stereocenters. The summed E-state index contributed by atoms with van der Waals surface area (Å²) in [5.41, 5.74) is 2.20. The second kappa shape index (κ2) is 5.38. The van der Waals surface area contributed by atoms with E-state index in [4.69, 9.17) is 16.3 Å². The average molecular weight is 228 g/mol. The van der Waals surface area contributed by atoms with Crippen LogP contribution in [0.3, 0.4) is 0 Å². The number of nitrogens with one attached hydrogen (secondary N) is 1. The predicted molar refractivity (Wildman–Crippen MR) is 65.1 cm³/mol. The van der Waals surface area contributed by atoms with Gasteiger partial charge in [0.05, 0.1) is 7.11 Å². The highest BCUT2D eigenvalue weighted by Crippen LogP contribution is 2.31. The molecule has 2 nitrogen and oxygen atoms in total. The Morgan fingerprint density at radius 1 is 1.47 bits per heavy atom. The third-order valence-corrected chi connectivity index (χ3v) is 2.96.